The summed E-state index contributed by atoms with van der Waals surface area (Å²) >= 11 is 0. The van der Waals surface area contributed by atoms with E-state index in [0.717, 1.165) is 77.1 Å². The summed E-state index contributed by atoms with van der Waals surface area (Å²) in [7, 11) is 0. The minimum atomic E-state index is 0.563. The third-order valence-corrected chi connectivity index (χ3v) is 12.0. The quantitative estimate of drug-likeness (QED) is 0.162. The Morgan fingerprint density at radius 2 is 0.790 bits per heavy atom. The Morgan fingerprint density at radius 3 is 1.45 bits per heavy atom. The van der Waals surface area contributed by atoms with Crippen molar-refractivity contribution in [3.8, 4) is 67.8 Å². The maximum atomic E-state index is 5.36. The SMILES string of the molecule is c1ccc(-c2ccc(-c3nc(-c4ccccc4)nc(-n4c5ccccc5c5ccc6c(c7ccccc7n6-c6cccc(-c7ccccc7)c6-c6ccccc6)c54)n3)cc2)cc1. The molecule has 5 heteroatoms. The topological polar surface area (TPSA) is 48.5 Å². The number of rotatable bonds is 7. The van der Waals surface area contributed by atoms with Crippen molar-refractivity contribution in [3.63, 3.8) is 0 Å². The second-order valence-electron chi connectivity index (χ2n) is 15.6. The summed E-state index contributed by atoms with van der Waals surface area (Å²) in [6, 6.07) is 79.2. The van der Waals surface area contributed by atoms with Crippen LogP contribution in [-0.4, -0.2) is 24.1 Å². The Kier molecular flexibility index (Phi) is 8.42. The molecule has 0 amide bonds. The van der Waals surface area contributed by atoms with E-state index >= 15 is 0 Å². The number of nitrogens with zero attached hydrogens (tertiary/aromatic N) is 5. The van der Waals surface area contributed by atoms with E-state index in [2.05, 4.69) is 209 Å². The van der Waals surface area contributed by atoms with Crippen LogP contribution in [0.5, 0.6) is 0 Å². The largest absolute Gasteiger partial charge is 0.309 e. The highest BCUT2D eigenvalue weighted by molar-refractivity contribution is 6.26. The van der Waals surface area contributed by atoms with Crippen molar-refractivity contribution in [2.45, 2.75) is 0 Å². The molecule has 0 spiro atoms. The Hall–Kier alpha value is -8.41. The molecule has 0 radical (unpaired) electrons. The van der Waals surface area contributed by atoms with Crippen LogP contribution in [-0.2, 0) is 0 Å². The molecule has 0 aliphatic carbocycles. The fourth-order valence-corrected chi connectivity index (χ4v) is 9.22. The molecule has 12 aromatic rings. The molecule has 0 saturated carbocycles. The van der Waals surface area contributed by atoms with Gasteiger partial charge in [-0.25, -0.2) is 4.98 Å². The van der Waals surface area contributed by atoms with E-state index in [-0.39, 0.29) is 0 Å². The molecule has 0 aliphatic rings. The van der Waals surface area contributed by atoms with Gasteiger partial charge in [-0.3, -0.25) is 4.57 Å². The van der Waals surface area contributed by atoms with Crippen molar-refractivity contribution >= 4 is 43.6 Å². The number of benzene rings is 9. The van der Waals surface area contributed by atoms with E-state index in [4.69, 9.17) is 15.0 Å². The van der Waals surface area contributed by atoms with E-state index in [9.17, 15) is 0 Å². The van der Waals surface area contributed by atoms with Crippen LogP contribution in [0.2, 0.25) is 0 Å². The highest BCUT2D eigenvalue weighted by Gasteiger charge is 2.25. The van der Waals surface area contributed by atoms with E-state index in [1.807, 2.05) is 24.3 Å². The predicted molar refractivity (Wildman–Crippen MR) is 256 cm³/mol. The average molecular weight is 792 g/mol. The third kappa shape index (κ3) is 5.82. The molecule has 0 bridgehead atoms. The van der Waals surface area contributed by atoms with Gasteiger partial charge in [0.05, 0.1) is 27.8 Å². The number of hydrogen-bond donors (Lipinski definition) is 0. The number of aromatic nitrogens is 5. The van der Waals surface area contributed by atoms with Gasteiger partial charge in [-0.05, 0) is 52.1 Å². The molecule has 0 aliphatic heterocycles. The fraction of sp³-hybridized carbons (Fsp3) is 0. The van der Waals surface area contributed by atoms with Crippen molar-refractivity contribution < 1.29 is 0 Å². The summed E-state index contributed by atoms with van der Waals surface area (Å²) < 4.78 is 4.71. The van der Waals surface area contributed by atoms with Gasteiger partial charge in [0.2, 0.25) is 5.95 Å². The maximum absolute atomic E-state index is 5.36. The molecule has 0 atom stereocenters. The van der Waals surface area contributed by atoms with Gasteiger partial charge in [0.15, 0.2) is 11.6 Å². The highest BCUT2D eigenvalue weighted by atomic mass is 15.2. The van der Waals surface area contributed by atoms with Crippen molar-refractivity contribution in [2.24, 2.45) is 0 Å². The minimum absolute atomic E-state index is 0.563. The molecule has 3 aromatic heterocycles. The summed E-state index contributed by atoms with van der Waals surface area (Å²) in [5, 5.41) is 4.55. The molecule has 0 fully saturated rings. The van der Waals surface area contributed by atoms with Crippen molar-refractivity contribution in [2.75, 3.05) is 0 Å². The van der Waals surface area contributed by atoms with Gasteiger partial charge in [0.1, 0.15) is 0 Å². The summed E-state index contributed by atoms with van der Waals surface area (Å²) in [6.07, 6.45) is 0. The van der Waals surface area contributed by atoms with Gasteiger partial charge in [-0.15, -0.1) is 0 Å². The molecule has 0 unspecified atom stereocenters. The Morgan fingerprint density at radius 1 is 0.290 bits per heavy atom. The average Bonchev–Trinajstić information content (AvgIpc) is 3.88. The third-order valence-electron chi connectivity index (χ3n) is 12.0. The first kappa shape index (κ1) is 35.5. The van der Waals surface area contributed by atoms with Crippen LogP contribution in [0, 0.1) is 0 Å². The Balaban J connectivity index is 1.16. The molecule has 5 nitrogen and oxygen atoms in total. The van der Waals surface area contributed by atoms with E-state index in [0.29, 0.717) is 17.6 Å². The van der Waals surface area contributed by atoms with Crippen LogP contribution in [0.25, 0.3) is 111 Å². The van der Waals surface area contributed by atoms with E-state index in [1.54, 1.807) is 0 Å². The zero-order valence-corrected chi connectivity index (χ0v) is 33.6. The smallest absolute Gasteiger partial charge is 0.238 e. The van der Waals surface area contributed by atoms with Crippen LogP contribution in [0.1, 0.15) is 0 Å². The standard InChI is InChI=1S/C57H37N5/c1-5-18-38(19-6-1)39-32-34-43(35-33-39)56-58-55(42-24-11-4-12-25-42)59-57(60-56)62-48-29-15-13-26-45(48)46-36-37-51-53(54(46)62)47-27-14-16-30-49(47)61(51)50-31-17-28-44(40-20-7-2-8-21-40)52(50)41-22-9-3-10-23-41/h1-37H. The molecule has 62 heavy (non-hydrogen) atoms. The molecular weight excluding hydrogens is 755 g/mol. The lowest BCUT2D eigenvalue weighted by Crippen LogP contribution is -2.06. The van der Waals surface area contributed by atoms with Crippen LogP contribution in [0.3, 0.4) is 0 Å². The van der Waals surface area contributed by atoms with Crippen molar-refractivity contribution in [1.29, 1.82) is 0 Å². The van der Waals surface area contributed by atoms with Gasteiger partial charge >= 0.3 is 0 Å². The molecular formula is C57H37N5. The first-order valence-corrected chi connectivity index (χ1v) is 21.0. The lowest BCUT2D eigenvalue weighted by Gasteiger charge is -2.18. The summed E-state index contributed by atoms with van der Waals surface area (Å²) in [4.78, 5) is 15.8. The number of hydrogen-bond acceptors (Lipinski definition) is 3. The Bertz CT molecular complexity index is 3590. The molecule has 290 valence electrons. The first-order chi connectivity index (χ1) is 30.8. The first-order valence-electron chi connectivity index (χ1n) is 21.0. The second kappa shape index (κ2) is 14.7. The molecule has 0 N–H and O–H groups in total. The Labute approximate surface area is 358 Å². The number of para-hydroxylation sites is 2. The monoisotopic (exact) mass is 791 g/mol. The van der Waals surface area contributed by atoms with Gasteiger partial charge in [-0.1, -0.05) is 200 Å². The molecule has 0 saturated heterocycles. The fourth-order valence-electron chi connectivity index (χ4n) is 9.22. The molecule has 12 rings (SSSR count). The highest BCUT2D eigenvalue weighted by Crippen LogP contribution is 2.45. The molecule has 9 aromatic carbocycles. The van der Waals surface area contributed by atoms with Crippen LogP contribution in [0.15, 0.2) is 224 Å². The predicted octanol–water partition coefficient (Wildman–Crippen LogP) is 14.4. The summed E-state index contributed by atoms with van der Waals surface area (Å²) in [6.45, 7) is 0. The summed E-state index contributed by atoms with van der Waals surface area (Å²) in [5.74, 6) is 1.79. The van der Waals surface area contributed by atoms with E-state index < -0.39 is 0 Å². The van der Waals surface area contributed by atoms with Crippen molar-refractivity contribution in [1.82, 2.24) is 24.1 Å². The van der Waals surface area contributed by atoms with Gasteiger partial charge in [0.25, 0.3) is 0 Å². The lowest BCUT2D eigenvalue weighted by molar-refractivity contribution is 0.955. The number of fused-ring (bicyclic) bond motifs is 7. The van der Waals surface area contributed by atoms with Crippen LogP contribution < -0.4 is 0 Å². The van der Waals surface area contributed by atoms with Gasteiger partial charge in [0, 0.05) is 38.2 Å². The van der Waals surface area contributed by atoms with E-state index in [1.165, 1.54) is 16.7 Å². The zero-order valence-electron chi connectivity index (χ0n) is 33.6. The lowest BCUT2D eigenvalue weighted by atomic mass is 9.93. The van der Waals surface area contributed by atoms with Crippen molar-refractivity contribution in [3.05, 3.63) is 224 Å². The normalized spacial score (nSPS) is 11.5. The maximum Gasteiger partial charge on any atom is 0.238 e. The minimum Gasteiger partial charge on any atom is -0.309 e. The van der Waals surface area contributed by atoms with Gasteiger partial charge in [-0.2, -0.15) is 9.97 Å². The second-order valence-corrected chi connectivity index (χ2v) is 15.6. The van der Waals surface area contributed by atoms with Crippen LogP contribution in [0.4, 0.5) is 0 Å². The van der Waals surface area contributed by atoms with Gasteiger partial charge < -0.3 is 4.57 Å². The van der Waals surface area contributed by atoms with Crippen LogP contribution >= 0.6 is 0 Å². The molecule has 3 heterocycles. The zero-order chi connectivity index (χ0) is 41.0. The summed E-state index contributed by atoms with van der Waals surface area (Å²) in [5.41, 5.74) is 14.2.